The van der Waals surface area contributed by atoms with Gasteiger partial charge in [0.1, 0.15) is 23.8 Å². The minimum Gasteiger partial charge on any atom is -0.490 e. The topological polar surface area (TPSA) is 67.5 Å². The molecule has 1 atom stereocenters. The number of hydrogen-bond donors (Lipinski definition) is 1. The Labute approximate surface area is 146 Å². The fraction of sp³-hybridized carbons (Fsp3) is 0.444. The zero-order valence-corrected chi connectivity index (χ0v) is 14.2. The van der Waals surface area contributed by atoms with Crippen LogP contribution in [0.4, 0.5) is 4.39 Å². The number of ether oxygens (including phenoxy) is 2. The van der Waals surface area contributed by atoms with Gasteiger partial charge in [0.05, 0.1) is 19.3 Å². The van der Waals surface area contributed by atoms with Crippen LogP contribution < -0.4 is 4.74 Å². The minimum atomic E-state index is -0.589. The number of imidazole rings is 1. The standard InChI is InChI=1S/C18H22FN3O3/c1-24-18(12-25-16-5-2-4-14(19)8-16)6-3-7-22(11-18)17(23)9-15-10-20-13-21-15/h2,4-5,8,10,13H,3,6-7,9,11-12H2,1H3,(H,20,21)/t18-/m1/s1. The van der Waals surface area contributed by atoms with E-state index in [-0.39, 0.29) is 24.8 Å². The summed E-state index contributed by atoms with van der Waals surface area (Å²) in [6.07, 6.45) is 5.11. The van der Waals surface area contributed by atoms with E-state index in [0.29, 0.717) is 18.8 Å². The first kappa shape index (κ1) is 17.4. The van der Waals surface area contributed by atoms with E-state index in [4.69, 9.17) is 9.47 Å². The Bertz CT molecular complexity index is 707. The van der Waals surface area contributed by atoms with Crippen LogP contribution in [0.2, 0.25) is 0 Å². The summed E-state index contributed by atoms with van der Waals surface area (Å²) in [6.45, 7) is 1.41. The van der Waals surface area contributed by atoms with Crippen molar-refractivity contribution in [3.05, 3.63) is 48.3 Å². The maximum Gasteiger partial charge on any atom is 0.228 e. The van der Waals surface area contributed by atoms with Crippen LogP contribution in [0.1, 0.15) is 18.5 Å². The number of methoxy groups -OCH3 is 1. The molecule has 1 N–H and O–H groups in total. The van der Waals surface area contributed by atoms with E-state index in [1.165, 1.54) is 12.1 Å². The molecular weight excluding hydrogens is 325 g/mol. The van der Waals surface area contributed by atoms with Crippen molar-refractivity contribution in [3.8, 4) is 5.75 Å². The molecule has 1 aromatic heterocycles. The molecule has 0 aliphatic carbocycles. The second kappa shape index (κ2) is 7.65. The number of carbonyl (C=O) groups is 1. The molecule has 134 valence electrons. The molecule has 0 radical (unpaired) electrons. The Morgan fingerprint density at radius 3 is 3.08 bits per heavy atom. The number of H-pyrrole nitrogens is 1. The molecule has 2 heterocycles. The van der Waals surface area contributed by atoms with Gasteiger partial charge in [-0.25, -0.2) is 9.37 Å². The Kier molecular flexibility index (Phi) is 5.33. The Balaban J connectivity index is 1.63. The van der Waals surface area contributed by atoms with Gasteiger partial charge in [-0.2, -0.15) is 0 Å². The molecule has 7 heteroatoms. The predicted molar refractivity (Wildman–Crippen MR) is 89.7 cm³/mol. The van der Waals surface area contributed by atoms with Gasteiger partial charge in [0.15, 0.2) is 0 Å². The largest absolute Gasteiger partial charge is 0.490 e. The van der Waals surface area contributed by atoms with Crippen LogP contribution in [0, 0.1) is 5.82 Å². The molecule has 1 aliphatic heterocycles. The lowest BCUT2D eigenvalue weighted by molar-refractivity contribution is -0.142. The van der Waals surface area contributed by atoms with Crippen LogP contribution in [-0.4, -0.2) is 53.2 Å². The van der Waals surface area contributed by atoms with E-state index in [1.54, 1.807) is 36.7 Å². The zero-order chi connectivity index (χ0) is 17.7. The van der Waals surface area contributed by atoms with Crippen molar-refractivity contribution in [3.63, 3.8) is 0 Å². The average molecular weight is 347 g/mol. The number of aromatic nitrogens is 2. The zero-order valence-electron chi connectivity index (χ0n) is 14.2. The van der Waals surface area contributed by atoms with Crippen LogP contribution in [0.15, 0.2) is 36.8 Å². The molecule has 6 nitrogen and oxygen atoms in total. The van der Waals surface area contributed by atoms with Crippen molar-refractivity contribution in [2.75, 3.05) is 26.8 Å². The summed E-state index contributed by atoms with van der Waals surface area (Å²) in [5, 5.41) is 0. The first-order valence-electron chi connectivity index (χ1n) is 8.29. The number of hydrogen-bond acceptors (Lipinski definition) is 4. The molecule has 25 heavy (non-hydrogen) atoms. The minimum absolute atomic E-state index is 0.0242. The molecule has 0 saturated carbocycles. The Morgan fingerprint density at radius 1 is 1.48 bits per heavy atom. The summed E-state index contributed by atoms with van der Waals surface area (Å²) in [5.41, 5.74) is 0.198. The lowest BCUT2D eigenvalue weighted by atomic mass is 9.93. The van der Waals surface area contributed by atoms with Crippen molar-refractivity contribution >= 4 is 5.91 Å². The molecular formula is C18H22FN3O3. The molecule has 3 rings (SSSR count). The van der Waals surface area contributed by atoms with Crippen molar-refractivity contribution in [1.29, 1.82) is 0 Å². The van der Waals surface area contributed by atoms with E-state index in [0.717, 1.165) is 18.5 Å². The number of nitrogens with one attached hydrogen (secondary N) is 1. The first-order chi connectivity index (χ1) is 12.1. The second-order valence-corrected chi connectivity index (χ2v) is 6.31. The monoisotopic (exact) mass is 347 g/mol. The molecule has 0 unspecified atom stereocenters. The van der Waals surface area contributed by atoms with E-state index in [2.05, 4.69) is 9.97 Å². The van der Waals surface area contributed by atoms with E-state index in [1.807, 2.05) is 0 Å². The van der Waals surface area contributed by atoms with E-state index >= 15 is 0 Å². The molecule has 2 aromatic rings. The van der Waals surface area contributed by atoms with Gasteiger partial charge in [0.2, 0.25) is 5.91 Å². The van der Waals surface area contributed by atoms with E-state index < -0.39 is 5.60 Å². The maximum atomic E-state index is 13.3. The summed E-state index contributed by atoms with van der Waals surface area (Å²) < 4.78 is 24.7. The maximum absolute atomic E-state index is 13.3. The lowest BCUT2D eigenvalue weighted by Gasteiger charge is -2.41. The van der Waals surface area contributed by atoms with Crippen molar-refractivity contribution in [1.82, 2.24) is 14.9 Å². The van der Waals surface area contributed by atoms with Gasteiger partial charge in [-0.05, 0) is 25.0 Å². The molecule has 0 bridgehead atoms. The summed E-state index contributed by atoms with van der Waals surface area (Å²) >= 11 is 0. The third kappa shape index (κ3) is 4.36. The van der Waals surface area contributed by atoms with Crippen LogP contribution in [0.25, 0.3) is 0 Å². The van der Waals surface area contributed by atoms with E-state index in [9.17, 15) is 9.18 Å². The summed E-state index contributed by atoms with van der Waals surface area (Å²) in [4.78, 5) is 21.2. The van der Waals surface area contributed by atoms with Gasteiger partial charge in [-0.3, -0.25) is 4.79 Å². The first-order valence-corrected chi connectivity index (χ1v) is 8.29. The second-order valence-electron chi connectivity index (χ2n) is 6.31. The van der Waals surface area contributed by atoms with Gasteiger partial charge < -0.3 is 19.4 Å². The number of carbonyl (C=O) groups excluding carboxylic acids is 1. The number of piperidine rings is 1. The lowest BCUT2D eigenvalue weighted by Crippen LogP contribution is -2.54. The number of benzene rings is 1. The third-order valence-corrected chi connectivity index (χ3v) is 4.52. The van der Waals surface area contributed by atoms with Crippen LogP contribution >= 0.6 is 0 Å². The van der Waals surface area contributed by atoms with Gasteiger partial charge in [-0.1, -0.05) is 6.07 Å². The highest BCUT2D eigenvalue weighted by molar-refractivity contribution is 5.78. The van der Waals surface area contributed by atoms with Gasteiger partial charge in [-0.15, -0.1) is 0 Å². The van der Waals surface area contributed by atoms with Gasteiger partial charge in [0, 0.05) is 31.6 Å². The quantitative estimate of drug-likeness (QED) is 0.870. The fourth-order valence-corrected chi connectivity index (χ4v) is 3.08. The highest BCUT2D eigenvalue weighted by Crippen LogP contribution is 2.26. The molecule has 1 fully saturated rings. The molecule has 1 aliphatic rings. The number of rotatable bonds is 6. The van der Waals surface area contributed by atoms with Gasteiger partial charge >= 0.3 is 0 Å². The SMILES string of the molecule is CO[C@]1(COc2cccc(F)c2)CCCN(C(=O)Cc2cnc[nH]2)C1. The predicted octanol–water partition coefficient (Wildman–Crippen LogP) is 2.18. The summed E-state index contributed by atoms with van der Waals surface area (Å²) in [5.74, 6) is 0.137. The third-order valence-electron chi connectivity index (χ3n) is 4.52. The van der Waals surface area contributed by atoms with Crippen LogP contribution in [-0.2, 0) is 16.0 Å². The molecule has 1 saturated heterocycles. The van der Waals surface area contributed by atoms with Crippen molar-refractivity contribution < 1.29 is 18.7 Å². The summed E-state index contributed by atoms with van der Waals surface area (Å²) in [7, 11) is 1.62. The fourth-order valence-electron chi connectivity index (χ4n) is 3.08. The Morgan fingerprint density at radius 2 is 2.36 bits per heavy atom. The number of aromatic amines is 1. The molecule has 0 spiro atoms. The molecule has 1 amide bonds. The Hall–Kier alpha value is -2.41. The summed E-state index contributed by atoms with van der Waals surface area (Å²) in [6, 6.07) is 6.02. The van der Waals surface area contributed by atoms with Crippen molar-refractivity contribution in [2.45, 2.75) is 24.9 Å². The number of nitrogens with zero attached hydrogens (tertiary/aromatic N) is 2. The highest BCUT2D eigenvalue weighted by Gasteiger charge is 2.38. The smallest absolute Gasteiger partial charge is 0.228 e. The number of likely N-dealkylation sites (tertiary alicyclic amines) is 1. The number of halogens is 1. The normalized spacial score (nSPS) is 20.5. The molecule has 1 aromatic carbocycles. The van der Waals surface area contributed by atoms with Crippen LogP contribution in [0.5, 0.6) is 5.75 Å². The average Bonchev–Trinajstić information content (AvgIpc) is 3.13. The number of amides is 1. The van der Waals surface area contributed by atoms with Gasteiger partial charge in [0.25, 0.3) is 0 Å². The van der Waals surface area contributed by atoms with Crippen molar-refractivity contribution in [2.24, 2.45) is 0 Å². The highest BCUT2D eigenvalue weighted by atomic mass is 19.1. The van der Waals surface area contributed by atoms with Crippen LogP contribution in [0.3, 0.4) is 0 Å².